The molecule has 0 saturated carbocycles. The number of amides is 1. The van der Waals surface area contributed by atoms with Gasteiger partial charge in [-0.25, -0.2) is 4.39 Å². The van der Waals surface area contributed by atoms with Gasteiger partial charge in [-0.1, -0.05) is 0 Å². The summed E-state index contributed by atoms with van der Waals surface area (Å²) < 4.78 is 23.7. The first kappa shape index (κ1) is 16.6. The van der Waals surface area contributed by atoms with Crippen molar-refractivity contribution in [1.29, 1.82) is 0 Å². The van der Waals surface area contributed by atoms with Crippen LogP contribution in [0.25, 0.3) is 11.5 Å². The van der Waals surface area contributed by atoms with Gasteiger partial charge in [0.05, 0.1) is 0 Å². The molecular formula is C18H16FN3O3. The molecule has 25 heavy (non-hydrogen) atoms. The van der Waals surface area contributed by atoms with Crippen LogP contribution in [0.2, 0.25) is 0 Å². The molecule has 0 fully saturated rings. The van der Waals surface area contributed by atoms with Crippen LogP contribution in [0.15, 0.2) is 59.3 Å². The Labute approximate surface area is 143 Å². The van der Waals surface area contributed by atoms with Crippen LogP contribution in [-0.4, -0.2) is 29.3 Å². The fourth-order valence-corrected chi connectivity index (χ4v) is 2.34. The number of halogens is 1. The molecule has 1 heterocycles. The predicted molar refractivity (Wildman–Crippen MR) is 89.7 cm³/mol. The summed E-state index contributed by atoms with van der Waals surface area (Å²) in [6.45, 7) is 2.19. The Bertz CT molecular complexity index is 818. The molecule has 6 nitrogen and oxygen atoms in total. The van der Waals surface area contributed by atoms with Crippen molar-refractivity contribution in [1.82, 2.24) is 10.2 Å². The normalized spacial score (nSPS) is 10.5. The lowest BCUT2D eigenvalue weighted by Gasteiger charge is -2.21. The molecule has 0 bridgehead atoms. The molecule has 7 heteroatoms. The molecule has 0 aliphatic heterocycles. The number of ether oxygens (including phenoxy) is 1. The van der Waals surface area contributed by atoms with E-state index in [1.165, 1.54) is 23.4 Å². The summed E-state index contributed by atoms with van der Waals surface area (Å²) in [6.07, 6.45) is 1.26. The number of hydrogen-bond acceptors (Lipinski definition) is 5. The van der Waals surface area contributed by atoms with Crippen LogP contribution in [0.4, 0.5) is 10.1 Å². The third-order valence-electron chi connectivity index (χ3n) is 3.58. The van der Waals surface area contributed by atoms with Crippen molar-refractivity contribution >= 4 is 11.6 Å². The Balaban J connectivity index is 1.62. The number of benzene rings is 2. The third-order valence-corrected chi connectivity index (χ3v) is 3.58. The highest BCUT2D eigenvalue weighted by Gasteiger charge is 2.15. The third kappa shape index (κ3) is 4.00. The number of nitrogens with zero attached hydrogens (tertiary/aromatic N) is 3. The molecule has 0 radical (unpaired) electrons. The molecule has 0 unspecified atom stereocenters. The number of carbonyl (C=O) groups is 1. The first-order valence-corrected chi connectivity index (χ1v) is 7.72. The number of carbonyl (C=O) groups excluding carboxylic acids is 1. The van der Waals surface area contributed by atoms with Crippen LogP contribution in [-0.2, 0) is 4.79 Å². The fraction of sp³-hybridized carbons (Fsp3) is 0.167. The van der Waals surface area contributed by atoms with Crippen molar-refractivity contribution in [3.05, 3.63) is 60.7 Å². The second kappa shape index (κ2) is 7.57. The second-order valence-electron chi connectivity index (χ2n) is 5.17. The lowest BCUT2D eigenvalue weighted by atomic mass is 10.2. The highest BCUT2D eigenvalue weighted by molar-refractivity contribution is 5.94. The molecule has 0 saturated heterocycles. The molecule has 1 amide bonds. The number of rotatable bonds is 6. The van der Waals surface area contributed by atoms with Crippen molar-refractivity contribution in [2.24, 2.45) is 0 Å². The molecule has 0 N–H and O–H groups in total. The van der Waals surface area contributed by atoms with Gasteiger partial charge in [-0.2, -0.15) is 0 Å². The van der Waals surface area contributed by atoms with E-state index in [2.05, 4.69) is 10.2 Å². The van der Waals surface area contributed by atoms with Crippen LogP contribution < -0.4 is 9.64 Å². The molecule has 0 aliphatic carbocycles. The van der Waals surface area contributed by atoms with Crippen LogP contribution in [0.5, 0.6) is 5.75 Å². The SMILES string of the molecule is CCN(C(=O)COc1ccc(-c2nnco2)cc1)c1ccc(F)cc1. The van der Waals surface area contributed by atoms with Gasteiger partial charge in [0.25, 0.3) is 5.91 Å². The highest BCUT2D eigenvalue weighted by Crippen LogP contribution is 2.20. The minimum atomic E-state index is -0.343. The van der Waals surface area contributed by atoms with Crippen molar-refractivity contribution in [2.45, 2.75) is 6.92 Å². The summed E-state index contributed by atoms with van der Waals surface area (Å²) in [7, 11) is 0. The number of aromatic nitrogens is 2. The van der Waals surface area contributed by atoms with Gasteiger partial charge in [-0.15, -0.1) is 10.2 Å². The zero-order chi connectivity index (χ0) is 17.6. The maximum absolute atomic E-state index is 13.0. The number of likely N-dealkylation sites (N-methyl/N-ethyl adjacent to an activating group) is 1. The maximum Gasteiger partial charge on any atom is 0.264 e. The summed E-state index contributed by atoms with van der Waals surface area (Å²) >= 11 is 0. The molecule has 3 rings (SSSR count). The summed E-state index contributed by atoms with van der Waals surface area (Å²) in [5, 5.41) is 7.44. The summed E-state index contributed by atoms with van der Waals surface area (Å²) in [5.74, 6) is 0.405. The van der Waals surface area contributed by atoms with Crippen molar-refractivity contribution < 1.29 is 18.3 Å². The maximum atomic E-state index is 13.0. The Hall–Kier alpha value is -3.22. The molecule has 0 aliphatic rings. The van der Waals surface area contributed by atoms with Crippen LogP contribution in [0.3, 0.4) is 0 Å². The average molecular weight is 341 g/mol. The van der Waals surface area contributed by atoms with Crippen LogP contribution >= 0.6 is 0 Å². The quantitative estimate of drug-likeness (QED) is 0.688. The van der Waals surface area contributed by atoms with Crippen LogP contribution in [0.1, 0.15) is 6.92 Å². The minimum absolute atomic E-state index is 0.120. The van der Waals surface area contributed by atoms with Gasteiger partial charge < -0.3 is 14.1 Å². The monoisotopic (exact) mass is 341 g/mol. The van der Waals surface area contributed by atoms with E-state index in [4.69, 9.17) is 9.15 Å². The van der Waals surface area contributed by atoms with Gasteiger partial charge in [0.15, 0.2) is 6.61 Å². The molecule has 1 aromatic heterocycles. The molecule has 3 aromatic rings. The number of anilines is 1. The van der Waals surface area contributed by atoms with E-state index < -0.39 is 0 Å². The average Bonchev–Trinajstić information content (AvgIpc) is 3.17. The van der Waals surface area contributed by atoms with Crippen molar-refractivity contribution in [2.75, 3.05) is 18.1 Å². The predicted octanol–water partition coefficient (Wildman–Crippen LogP) is 3.31. The zero-order valence-corrected chi connectivity index (χ0v) is 13.6. The van der Waals surface area contributed by atoms with Gasteiger partial charge in [0, 0.05) is 17.8 Å². The topological polar surface area (TPSA) is 68.5 Å². The summed E-state index contributed by atoms with van der Waals surface area (Å²) in [5.41, 5.74) is 1.39. The summed E-state index contributed by atoms with van der Waals surface area (Å²) in [6, 6.07) is 12.8. The second-order valence-corrected chi connectivity index (χ2v) is 5.17. The van der Waals surface area contributed by atoms with Crippen LogP contribution in [0, 0.1) is 5.82 Å². The molecule has 128 valence electrons. The van der Waals surface area contributed by atoms with E-state index in [9.17, 15) is 9.18 Å². The van der Waals surface area contributed by atoms with Crippen molar-refractivity contribution in [3.63, 3.8) is 0 Å². The molecule has 0 atom stereocenters. The lowest BCUT2D eigenvalue weighted by Crippen LogP contribution is -2.34. The van der Waals surface area contributed by atoms with Gasteiger partial charge in [0.1, 0.15) is 11.6 Å². The Kier molecular flexibility index (Phi) is 5.03. The van der Waals surface area contributed by atoms with Gasteiger partial charge in [-0.05, 0) is 55.5 Å². The van der Waals surface area contributed by atoms with E-state index in [-0.39, 0.29) is 18.3 Å². The van der Waals surface area contributed by atoms with Gasteiger partial charge in [-0.3, -0.25) is 4.79 Å². The molecule has 2 aromatic carbocycles. The molecular weight excluding hydrogens is 325 g/mol. The Morgan fingerprint density at radius 3 is 2.48 bits per heavy atom. The van der Waals surface area contributed by atoms with E-state index in [0.717, 1.165) is 5.56 Å². The standard InChI is InChI=1S/C18H16FN3O3/c1-2-22(15-7-5-14(19)6-8-15)17(23)11-24-16-9-3-13(4-10-16)18-21-20-12-25-18/h3-10,12H,2,11H2,1H3. The van der Waals surface area contributed by atoms with E-state index >= 15 is 0 Å². The first-order valence-electron chi connectivity index (χ1n) is 7.72. The smallest absolute Gasteiger partial charge is 0.264 e. The summed E-state index contributed by atoms with van der Waals surface area (Å²) in [4.78, 5) is 13.9. The zero-order valence-electron chi connectivity index (χ0n) is 13.6. The minimum Gasteiger partial charge on any atom is -0.484 e. The van der Waals surface area contributed by atoms with Gasteiger partial charge in [0.2, 0.25) is 12.3 Å². The fourth-order valence-electron chi connectivity index (χ4n) is 2.34. The number of hydrogen-bond donors (Lipinski definition) is 0. The Morgan fingerprint density at radius 2 is 1.88 bits per heavy atom. The first-order chi connectivity index (χ1) is 12.2. The highest BCUT2D eigenvalue weighted by atomic mass is 19.1. The largest absolute Gasteiger partial charge is 0.484 e. The van der Waals surface area contributed by atoms with Gasteiger partial charge >= 0.3 is 0 Å². The van der Waals surface area contributed by atoms with E-state index in [0.29, 0.717) is 23.9 Å². The van der Waals surface area contributed by atoms with E-state index in [1.807, 2.05) is 6.92 Å². The Morgan fingerprint density at radius 1 is 1.16 bits per heavy atom. The van der Waals surface area contributed by atoms with E-state index in [1.54, 1.807) is 36.4 Å². The molecule has 0 spiro atoms. The van der Waals surface area contributed by atoms with Crippen molar-refractivity contribution in [3.8, 4) is 17.2 Å². The lowest BCUT2D eigenvalue weighted by molar-refractivity contribution is -0.120.